The molecule has 4 nitrogen and oxygen atoms in total. The number of rotatable bonds is 5. The number of hydrogen-bond acceptors (Lipinski definition) is 3. The Hall–Kier alpha value is -2.72. The lowest BCUT2D eigenvalue weighted by Gasteiger charge is -2.10. The van der Waals surface area contributed by atoms with Gasteiger partial charge >= 0.3 is 0 Å². The van der Waals surface area contributed by atoms with Gasteiger partial charge in [0, 0.05) is 48.7 Å². The molecule has 1 fully saturated rings. The molecule has 26 heavy (non-hydrogen) atoms. The fourth-order valence-corrected chi connectivity index (χ4v) is 3.48. The molecular formula is C22H22N2O2. The van der Waals surface area contributed by atoms with Crippen LogP contribution < -0.4 is 5.32 Å². The van der Waals surface area contributed by atoms with E-state index in [1.807, 2.05) is 48.8 Å². The lowest BCUT2D eigenvalue weighted by Crippen LogP contribution is -2.26. The average molecular weight is 346 g/mol. The Bertz CT molecular complexity index is 911. The van der Waals surface area contributed by atoms with Crippen molar-refractivity contribution in [3.63, 3.8) is 0 Å². The molecule has 1 aromatic heterocycles. The summed E-state index contributed by atoms with van der Waals surface area (Å²) < 4.78 is 5.38. The summed E-state index contributed by atoms with van der Waals surface area (Å²) in [7, 11) is 0. The predicted molar refractivity (Wildman–Crippen MR) is 103 cm³/mol. The number of benzene rings is 2. The first kappa shape index (κ1) is 16.7. The smallest absolute Gasteiger partial charge is 0.251 e. The number of pyridine rings is 1. The number of nitrogens with zero attached hydrogens (tertiary/aromatic N) is 1. The molecule has 2 heterocycles. The fourth-order valence-electron chi connectivity index (χ4n) is 3.48. The van der Waals surface area contributed by atoms with Crippen molar-refractivity contribution in [2.45, 2.75) is 12.8 Å². The Kier molecular flexibility index (Phi) is 4.93. The summed E-state index contributed by atoms with van der Waals surface area (Å²) in [6.07, 6.45) is 5.79. The molecule has 4 heteroatoms. The van der Waals surface area contributed by atoms with Crippen LogP contribution in [0, 0.1) is 5.92 Å². The maximum atomic E-state index is 12.5. The molecule has 0 saturated carbocycles. The van der Waals surface area contributed by atoms with Gasteiger partial charge in [-0.05, 0) is 41.8 Å². The van der Waals surface area contributed by atoms with Crippen LogP contribution in [0.25, 0.3) is 21.9 Å². The number of carbonyl (C=O) groups is 1. The Labute approximate surface area is 153 Å². The van der Waals surface area contributed by atoms with Gasteiger partial charge in [0.15, 0.2) is 0 Å². The van der Waals surface area contributed by atoms with Crippen molar-refractivity contribution in [3.8, 4) is 11.1 Å². The van der Waals surface area contributed by atoms with Gasteiger partial charge in [-0.1, -0.05) is 36.4 Å². The van der Waals surface area contributed by atoms with Crippen molar-refractivity contribution in [2.75, 3.05) is 19.8 Å². The molecule has 1 saturated heterocycles. The topological polar surface area (TPSA) is 51.2 Å². The molecule has 0 bridgehead atoms. The second kappa shape index (κ2) is 7.67. The Balaban J connectivity index is 1.51. The van der Waals surface area contributed by atoms with Crippen molar-refractivity contribution in [1.29, 1.82) is 0 Å². The second-order valence-electron chi connectivity index (χ2n) is 6.76. The zero-order valence-corrected chi connectivity index (χ0v) is 14.7. The molecule has 1 amide bonds. The van der Waals surface area contributed by atoms with Gasteiger partial charge in [-0.15, -0.1) is 0 Å². The van der Waals surface area contributed by atoms with Crippen LogP contribution in [0.1, 0.15) is 23.2 Å². The van der Waals surface area contributed by atoms with Crippen LogP contribution in [0.15, 0.2) is 60.9 Å². The molecule has 3 aromatic rings. The van der Waals surface area contributed by atoms with E-state index in [4.69, 9.17) is 4.74 Å². The van der Waals surface area contributed by atoms with E-state index in [0.717, 1.165) is 48.0 Å². The summed E-state index contributed by atoms with van der Waals surface area (Å²) in [5.74, 6) is 0.544. The molecule has 1 unspecified atom stereocenters. The van der Waals surface area contributed by atoms with E-state index in [-0.39, 0.29) is 5.91 Å². The number of ether oxygens (including phenoxy) is 1. The molecule has 1 aliphatic rings. The lowest BCUT2D eigenvalue weighted by atomic mass is 9.99. The highest BCUT2D eigenvalue weighted by molar-refractivity contribution is 5.99. The van der Waals surface area contributed by atoms with Crippen LogP contribution in [0.5, 0.6) is 0 Å². The van der Waals surface area contributed by atoms with Crippen LogP contribution >= 0.6 is 0 Å². The first-order chi connectivity index (χ1) is 12.8. The van der Waals surface area contributed by atoms with Crippen LogP contribution in [-0.2, 0) is 4.74 Å². The van der Waals surface area contributed by atoms with Gasteiger partial charge in [0.05, 0.1) is 0 Å². The number of carbonyl (C=O) groups excluding carboxylic acids is 1. The number of hydrogen-bond donors (Lipinski definition) is 1. The van der Waals surface area contributed by atoms with Crippen LogP contribution in [-0.4, -0.2) is 30.6 Å². The van der Waals surface area contributed by atoms with Crippen LogP contribution in [0.4, 0.5) is 0 Å². The standard InChI is InChI=1S/C22H22N2O2/c25-22(24-10-8-16-9-11-26-15-16)18-6-3-5-17(12-18)21-14-23-13-19-4-1-2-7-20(19)21/h1-7,12-14,16H,8-11,15H2,(H,24,25). The maximum absolute atomic E-state index is 12.5. The van der Waals surface area contributed by atoms with Gasteiger partial charge in [-0.2, -0.15) is 0 Å². The molecule has 0 aliphatic carbocycles. The Morgan fingerprint density at radius 2 is 2.08 bits per heavy atom. The lowest BCUT2D eigenvalue weighted by molar-refractivity contribution is 0.0950. The molecule has 1 aliphatic heterocycles. The Morgan fingerprint density at radius 3 is 2.96 bits per heavy atom. The monoisotopic (exact) mass is 346 g/mol. The minimum Gasteiger partial charge on any atom is -0.381 e. The third-order valence-corrected chi connectivity index (χ3v) is 4.97. The van der Waals surface area contributed by atoms with Crippen molar-refractivity contribution in [1.82, 2.24) is 10.3 Å². The summed E-state index contributed by atoms with van der Waals surface area (Å²) in [4.78, 5) is 16.9. The highest BCUT2D eigenvalue weighted by Crippen LogP contribution is 2.28. The van der Waals surface area contributed by atoms with Crippen molar-refractivity contribution in [3.05, 3.63) is 66.5 Å². The molecule has 4 rings (SSSR count). The zero-order valence-electron chi connectivity index (χ0n) is 14.7. The normalized spacial score (nSPS) is 16.7. The number of nitrogens with one attached hydrogen (secondary N) is 1. The average Bonchev–Trinajstić information content (AvgIpc) is 3.21. The molecule has 1 N–H and O–H groups in total. The van der Waals surface area contributed by atoms with Gasteiger partial charge in [0.25, 0.3) is 5.91 Å². The molecule has 0 radical (unpaired) electrons. The van der Waals surface area contributed by atoms with E-state index in [1.165, 1.54) is 0 Å². The molecule has 1 atom stereocenters. The molecular weight excluding hydrogens is 324 g/mol. The second-order valence-corrected chi connectivity index (χ2v) is 6.76. The minimum absolute atomic E-state index is 0.0287. The minimum atomic E-state index is -0.0287. The molecule has 2 aromatic carbocycles. The summed E-state index contributed by atoms with van der Waals surface area (Å²) in [6.45, 7) is 2.35. The SMILES string of the molecule is O=C(NCCC1CCOC1)c1cccc(-c2cncc3ccccc23)c1. The summed E-state index contributed by atoms with van der Waals surface area (Å²) in [6, 6.07) is 15.9. The number of fused-ring (bicyclic) bond motifs is 1. The summed E-state index contributed by atoms with van der Waals surface area (Å²) in [5, 5.41) is 5.27. The van der Waals surface area contributed by atoms with Crippen molar-refractivity contribution < 1.29 is 9.53 Å². The first-order valence-electron chi connectivity index (χ1n) is 9.10. The van der Waals surface area contributed by atoms with Crippen LogP contribution in [0.3, 0.4) is 0 Å². The molecule has 0 spiro atoms. The Morgan fingerprint density at radius 1 is 1.15 bits per heavy atom. The van der Waals surface area contributed by atoms with E-state index in [9.17, 15) is 4.79 Å². The zero-order chi connectivity index (χ0) is 17.8. The van der Waals surface area contributed by atoms with E-state index in [1.54, 1.807) is 0 Å². The number of aromatic nitrogens is 1. The van der Waals surface area contributed by atoms with E-state index < -0.39 is 0 Å². The third kappa shape index (κ3) is 3.60. The number of amides is 1. The quantitative estimate of drug-likeness (QED) is 0.758. The van der Waals surface area contributed by atoms with Gasteiger partial charge in [0.1, 0.15) is 0 Å². The maximum Gasteiger partial charge on any atom is 0.251 e. The van der Waals surface area contributed by atoms with E-state index in [2.05, 4.69) is 22.4 Å². The highest BCUT2D eigenvalue weighted by Gasteiger charge is 2.16. The predicted octanol–water partition coefficient (Wildman–Crippen LogP) is 4.06. The first-order valence-corrected chi connectivity index (χ1v) is 9.10. The fraction of sp³-hybridized carbons (Fsp3) is 0.273. The van der Waals surface area contributed by atoms with Gasteiger partial charge < -0.3 is 10.1 Å². The van der Waals surface area contributed by atoms with E-state index >= 15 is 0 Å². The molecule has 132 valence electrons. The third-order valence-electron chi connectivity index (χ3n) is 4.97. The van der Waals surface area contributed by atoms with Gasteiger partial charge in [-0.3, -0.25) is 9.78 Å². The van der Waals surface area contributed by atoms with Crippen molar-refractivity contribution in [2.24, 2.45) is 5.92 Å². The summed E-state index contributed by atoms with van der Waals surface area (Å²) in [5.41, 5.74) is 2.73. The van der Waals surface area contributed by atoms with Crippen LogP contribution in [0.2, 0.25) is 0 Å². The van der Waals surface area contributed by atoms with Crippen molar-refractivity contribution >= 4 is 16.7 Å². The largest absolute Gasteiger partial charge is 0.381 e. The van der Waals surface area contributed by atoms with E-state index in [0.29, 0.717) is 18.0 Å². The van der Waals surface area contributed by atoms with Gasteiger partial charge in [0.2, 0.25) is 0 Å². The van der Waals surface area contributed by atoms with Gasteiger partial charge in [-0.25, -0.2) is 0 Å². The summed E-state index contributed by atoms with van der Waals surface area (Å²) >= 11 is 0. The highest BCUT2D eigenvalue weighted by atomic mass is 16.5.